The minimum Gasteiger partial charge on any atom is -0.293 e. The Kier molecular flexibility index (Phi) is 5.44. The van der Waals surface area contributed by atoms with Gasteiger partial charge >= 0.3 is 0 Å². The summed E-state index contributed by atoms with van der Waals surface area (Å²) in [5.74, 6) is 0.147. The summed E-state index contributed by atoms with van der Waals surface area (Å²) in [6.45, 7) is 4.10. The topological polar surface area (TPSA) is 33.2 Å². The van der Waals surface area contributed by atoms with Crippen LogP contribution < -0.4 is 0 Å². The van der Waals surface area contributed by atoms with Crippen molar-refractivity contribution in [2.75, 3.05) is 13.1 Å². The number of pyridine rings is 1. The Balaban J connectivity index is 1.99. The molecule has 0 fully saturated rings. The van der Waals surface area contributed by atoms with Crippen molar-refractivity contribution in [3.05, 3.63) is 64.4 Å². The third-order valence-corrected chi connectivity index (χ3v) is 3.66. The summed E-state index contributed by atoms with van der Waals surface area (Å²) in [5, 5.41) is 0. The number of nitrogens with zero attached hydrogens (tertiary/aromatic N) is 2. The van der Waals surface area contributed by atoms with Crippen LogP contribution in [-0.4, -0.2) is 28.8 Å². The molecule has 0 aliphatic rings. The van der Waals surface area contributed by atoms with Gasteiger partial charge in [0.1, 0.15) is 0 Å². The molecule has 0 spiro atoms. The molecule has 0 aliphatic carbocycles. The molecule has 2 rings (SSSR count). The van der Waals surface area contributed by atoms with Gasteiger partial charge in [0.2, 0.25) is 0 Å². The van der Waals surface area contributed by atoms with Crippen molar-refractivity contribution in [1.29, 1.82) is 0 Å². The molecule has 0 unspecified atom stereocenters. The van der Waals surface area contributed by atoms with Crippen LogP contribution in [0.15, 0.2) is 53.3 Å². The lowest BCUT2D eigenvalue weighted by Crippen LogP contribution is -2.29. The van der Waals surface area contributed by atoms with Crippen LogP contribution in [0.4, 0.5) is 0 Å². The molecule has 1 heterocycles. The molecular weight excluding hydrogens is 316 g/mol. The van der Waals surface area contributed by atoms with Crippen LogP contribution in [0.5, 0.6) is 0 Å². The Morgan fingerprint density at radius 1 is 1.15 bits per heavy atom. The number of aromatic nitrogens is 1. The molecule has 1 aromatic heterocycles. The third kappa shape index (κ3) is 4.25. The highest BCUT2D eigenvalue weighted by molar-refractivity contribution is 9.10. The van der Waals surface area contributed by atoms with Crippen LogP contribution >= 0.6 is 15.9 Å². The summed E-state index contributed by atoms with van der Waals surface area (Å²) < 4.78 is 0.984. The zero-order valence-corrected chi connectivity index (χ0v) is 13.0. The van der Waals surface area contributed by atoms with Gasteiger partial charge in [0.25, 0.3) is 0 Å². The Morgan fingerprint density at radius 3 is 2.40 bits per heavy atom. The summed E-state index contributed by atoms with van der Waals surface area (Å²) in [4.78, 5) is 18.4. The highest BCUT2D eigenvalue weighted by Gasteiger charge is 2.11. The molecule has 0 amide bonds. The minimum absolute atomic E-state index is 0.147. The molecule has 0 bridgehead atoms. The number of halogens is 1. The predicted molar refractivity (Wildman–Crippen MR) is 83.7 cm³/mol. The molecule has 0 saturated heterocycles. The third-order valence-electron chi connectivity index (χ3n) is 3.14. The number of carbonyl (C=O) groups is 1. The van der Waals surface area contributed by atoms with Crippen molar-refractivity contribution in [2.24, 2.45) is 0 Å². The smallest absolute Gasteiger partial charge is 0.176 e. The van der Waals surface area contributed by atoms with Gasteiger partial charge in [-0.1, -0.05) is 35.0 Å². The molecule has 3 nitrogen and oxygen atoms in total. The second kappa shape index (κ2) is 7.31. The van der Waals surface area contributed by atoms with Crippen molar-refractivity contribution in [1.82, 2.24) is 9.88 Å². The van der Waals surface area contributed by atoms with Gasteiger partial charge in [-0.3, -0.25) is 14.7 Å². The number of hydrogen-bond acceptors (Lipinski definition) is 3. The van der Waals surface area contributed by atoms with Crippen LogP contribution in [0.2, 0.25) is 0 Å². The zero-order chi connectivity index (χ0) is 14.4. The highest BCUT2D eigenvalue weighted by Crippen LogP contribution is 2.12. The molecular formula is C16H17BrN2O. The fourth-order valence-corrected chi connectivity index (χ4v) is 2.22. The summed E-state index contributed by atoms with van der Waals surface area (Å²) >= 11 is 3.38. The number of hydrogen-bond donors (Lipinski definition) is 0. The van der Waals surface area contributed by atoms with Gasteiger partial charge in [-0.25, -0.2) is 0 Å². The molecule has 20 heavy (non-hydrogen) atoms. The summed E-state index contributed by atoms with van der Waals surface area (Å²) in [5.41, 5.74) is 1.92. The highest BCUT2D eigenvalue weighted by atomic mass is 79.9. The van der Waals surface area contributed by atoms with Gasteiger partial charge in [0.15, 0.2) is 5.78 Å². The first-order valence-electron chi connectivity index (χ1n) is 6.59. The van der Waals surface area contributed by atoms with Crippen molar-refractivity contribution >= 4 is 21.7 Å². The standard InChI is InChI=1S/C16H17BrN2O/c1-2-19(11-13-7-9-18-10-8-13)12-16(20)14-3-5-15(17)6-4-14/h3-10H,2,11-12H2,1H3. The Labute approximate surface area is 127 Å². The van der Waals surface area contributed by atoms with Crippen LogP contribution in [0.1, 0.15) is 22.8 Å². The van der Waals surface area contributed by atoms with Gasteiger partial charge in [-0.05, 0) is 36.4 Å². The number of Topliss-reactive ketones (excluding diaryl/α,β-unsaturated/α-hetero) is 1. The number of rotatable bonds is 6. The summed E-state index contributed by atoms with van der Waals surface area (Å²) in [6.07, 6.45) is 3.55. The average Bonchev–Trinajstić information content (AvgIpc) is 2.48. The monoisotopic (exact) mass is 332 g/mol. The molecule has 4 heteroatoms. The van der Waals surface area contributed by atoms with Crippen molar-refractivity contribution in [2.45, 2.75) is 13.5 Å². The molecule has 0 atom stereocenters. The fourth-order valence-electron chi connectivity index (χ4n) is 1.96. The number of benzene rings is 1. The molecule has 2 aromatic rings. The van der Waals surface area contributed by atoms with E-state index in [2.05, 4.69) is 32.7 Å². The van der Waals surface area contributed by atoms with E-state index in [1.165, 1.54) is 5.56 Å². The first-order valence-corrected chi connectivity index (χ1v) is 7.38. The van der Waals surface area contributed by atoms with E-state index in [1.54, 1.807) is 12.4 Å². The quantitative estimate of drug-likeness (QED) is 0.758. The minimum atomic E-state index is 0.147. The normalized spacial score (nSPS) is 10.8. The molecule has 104 valence electrons. The summed E-state index contributed by atoms with van der Waals surface area (Å²) in [6, 6.07) is 11.5. The van der Waals surface area contributed by atoms with E-state index >= 15 is 0 Å². The predicted octanol–water partition coefficient (Wildman–Crippen LogP) is 3.55. The van der Waals surface area contributed by atoms with E-state index in [-0.39, 0.29) is 5.78 Å². The largest absolute Gasteiger partial charge is 0.293 e. The van der Waals surface area contributed by atoms with Crippen molar-refractivity contribution in [3.63, 3.8) is 0 Å². The van der Waals surface area contributed by atoms with Crippen molar-refractivity contribution in [3.8, 4) is 0 Å². The van der Waals surface area contributed by atoms with Gasteiger partial charge in [0.05, 0.1) is 6.54 Å². The van der Waals surface area contributed by atoms with Crippen LogP contribution in [-0.2, 0) is 6.54 Å². The molecule has 1 aromatic carbocycles. The molecule has 0 aliphatic heterocycles. The van der Waals surface area contributed by atoms with Crippen molar-refractivity contribution < 1.29 is 4.79 Å². The first kappa shape index (κ1) is 14.9. The van der Waals surface area contributed by atoms with Crippen LogP contribution in [0.25, 0.3) is 0 Å². The van der Waals surface area contributed by atoms with Gasteiger partial charge in [-0.2, -0.15) is 0 Å². The SMILES string of the molecule is CCN(CC(=O)c1ccc(Br)cc1)Cc1ccncc1. The Bertz CT molecular complexity index is 554. The molecule has 0 saturated carbocycles. The summed E-state index contributed by atoms with van der Waals surface area (Å²) in [7, 11) is 0. The van der Waals surface area contributed by atoms with Gasteiger partial charge < -0.3 is 0 Å². The van der Waals surface area contributed by atoms with E-state index in [9.17, 15) is 4.79 Å². The lowest BCUT2D eigenvalue weighted by atomic mass is 10.1. The van der Waals surface area contributed by atoms with Crippen LogP contribution in [0, 0.1) is 0 Å². The Morgan fingerprint density at radius 2 is 1.80 bits per heavy atom. The maximum Gasteiger partial charge on any atom is 0.176 e. The lowest BCUT2D eigenvalue weighted by molar-refractivity contribution is 0.0929. The maximum atomic E-state index is 12.2. The van der Waals surface area contributed by atoms with E-state index < -0.39 is 0 Å². The van der Waals surface area contributed by atoms with E-state index in [0.29, 0.717) is 6.54 Å². The maximum absolute atomic E-state index is 12.2. The van der Waals surface area contributed by atoms with Gasteiger partial charge in [-0.15, -0.1) is 0 Å². The van der Waals surface area contributed by atoms with Gasteiger partial charge in [0, 0.05) is 29.0 Å². The zero-order valence-electron chi connectivity index (χ0n) is 11.4. The van der Waals surface area contributed by atoms with E-state index in [4.69, 9.17) is 0 Å². The number of carbonyl (C=O) groups excluding carboxylic acids is 1. The molecule has 0 N–H and O–H groups in total. The van der Waals surface area contributed by atoms with E-state index in [0.717, 1.165) is 23.1 Å². The fraction of sp³-hybridized carbons (Fsp3) is 0.250. The number of likely N-dealkylation sites (N-methyl/N-ethyl adjacent to an activating group) is 1. The molecule has 0 radical (unpaired) electrons. The lowest BCUT2D eigenvalue weighted by Gasteiger charge is -2.19. The first-order chi connectivity index (χ1) is 9.69. The van der Waals surface area contributed by atoms with E-state index in [1.807, 2.05) is 36.4 Å². The second-order valence-corrected chi connectivity index (χ2v) is 5.50. The number of ketones is 1. The average molecular weight is 333 g/mol. The second-order valence-electron chi connectivity index (χ2n) is 4.59. The Hall–Kier alpha value is -1.52. The van der Waals surface area contributed by atoms with Crippen LogP contribution in [0.3, 0.4) is 0 Å².